The Kier molecular flexibility index (Phi) is 5.00. The summed E-state index contributed by atoms with van der Waals surface area (Å²) in [6.45, 7) is 0. The maximum absolute atomic E-state index is 12.2. The summed E-state index contributed by atoms with van der Waals surface area (Å²) in [6, 6.07) is 1.38. The van der Waals surface area contributed by atoms with E-state index >= 15 is 0 Å². The summed E-state index contributed by atoms with van der Waals surface area (Å²) in [5.41, 5.74) is 0. The van der Waals surface area contributed by atoms with Crippen molar-refractivity contribution in [1.29, 1.82) is 0 Å². The van der Waals surface area contributed by atoms with Gasteiger partial charge in [-0.05, 0) is 31.7 Å². The molecule has 18 heavy (non-hydrogen) atoms. The molecule has 0 atom stereocenters. The fourth-order valence-corrected chi connectivity index (χ4v) is 5.94. The first-order valence-corrected chi connectivity index (χ1v) is 9.47. The highest BCUT2D eigenvalue weighted by molar-refractivity contribution is 9.09. The molecule has 0 unspecified atom stereocenters. The van der Waals surface area contributed by atoms with E-state index in [0.29, 0.717) is 9.16 Å². The average Bonchev–Trinajstić information content (AvgIpc) is 2.62. The van der Waals surface area contributed by atoms with E-state index < -0.39 is 10.0 Å². The van der Waals surface area contributed by atoms with Gasteiger partial charge < -0.3 is 0 Å². The van der Waals surface area contributed by atoms with Crippen molar-refractivity contribution in [3.05, 3.63) is 14.7 Å². The molecule has 102 valence electrons. The topological polar surface area (TPSA) is 46.2 Å². The zero-order valence-corrected chi connectivity index (χ0v) is 14.1. The SMILES string of the molecule is O=S(=O)(NC1CCC(Br)CC1)c1cc(Cl)sc1Cl. The van der Waals surface area contributed by atoms with Crippen molar-refractivity contribution >= 4 is 60.5 Å². The van der Waals surface area contributed by atoms with Gasteiger partial charge in [0.05, 0.1) is 4.34 Å². The van der Waals surface area contributed by atoms with Gasteiger partial charge in [0.2, 0.25) is 10.0 Å². The lowest BCUT2D eigenvalue weighted by molar-refractivity contribution is 0.423. The average molecular weight is 393 g/mol. The molecular weight excluding hydrogens is 381 g/mol. The largest absolute Gasteiger partial charge is 0.243 e. The molecule has 1 fully saturated rings. The monoisotopic (exact) mass is 391 g/mol. The molecule has 1 aliphatic carbocycles. The first kappa shape index (κ1) is 15.1. The predicted molar refractivity (Wildman–Crippen MR) is 79.6 cm³/mol. The van der Waals surface area contributed by atoms with E-state index in [1.54, 1.807) is 0 Å². The molecule has 0 spiro atoms. The van der Waals surface area contributed by atoms with Gasteiger partial charge in [-0.3, -0.25) is 0 Å². The minimum atomic E-state index is -3.56. The highest BCUT2D eigenvalue weighted by Crippen LogP contribution is 2.34. The van der Waals surface area contributed by atoms with Crippen molar-refractivity contribution in [3.8, 4) is 0 Å². The number of sulfonamides is 1. The third-order valence-electron chi connectivity index (χ3n) is 2.89. The van der Waals surface area contributed by atoms with E-state index in [1.807, 2.05) is 0 Å². The highest BCUT2D eigenvalue weighted by atomic mass is 79.9. The Hall–Kier alpha value is 0.670. The van der Waals surface area contributed by atoms with Gasteiger partial charge in [-0.1, -0.05) is 39.1 Å². The van der Waals surface area contributed by atoms with Crippen LogP contribution in [0.3, 0.4) is 0 Å². The molecule has 0 saturated heterocycles. The summed E-state index contributed by atoms with van der Waals surface area (Å²) in [5.74, 6) is 0. The van der Waals surface area contributed by atoms with Gasteiger partial charge in [-0.2, -0.15) is 0 Å². The van der Waals surface area contributed by atoms with Crippen molar-refractivity contribution in [3.63, 3.8) is 0 Å². The summed E-state index contributed by atoms with van der Waals surface area (Å²) in [7, 11) is -3.56. The van der Waals surface area contributed by atoms with Crippen LogP contribution in [0.25, 0.3) is 0 Å². The van der Waals surface area contributed by atoms with E-state index in [1.165, 1.54) is 6.07 Å². The van der Waals surface area contributed by atoms with Crippen LogP contribution in [0.15, 0.2) is 11.0 Å². The van der Waals surface area contributed by atoms with Crippen LogP contribution in [0.5, 0.6) is 0 Å². The minimum Gasteiger partial charge on any atom is -0.208 e. The van der Waals surface area contributed by atoms with Crippen LogP contribution in [-0.2, 0) is 10.0 Å². The third kappa shape index (κ3) is 3.61. The van der Waals surface area contributed by atoms with Gasteiger partial charge in [0.1, 0.15) is 9.23 Å². The zero-order chi connectivity index (χ0) is 13.3. The zero-order valence-electron chi connectivity index (χ0n) is 9.33. The van der Waals surface area contributed by atoms with Gasteiger partial charge in [-0.15, -0.1) is 11.3 Å². The predicted octanol–water partition coefficient (Wildman–Crippen LogP) is 4.04. The van der Waals surface area contributed by atoms with E-state index in [4.69, 9.17) is 23.2 Å². The lowest BCUT2D eigenvalue weighted by Crippen LogP contribution is -2.37. The standard InChI is InChI=1S/C10H12BrCl2NO2S2/c11-6-1-3-7(4-2-6)14-18(15,16)8-5-9(12)17-10(8)13/h5-7,14H,1-4H2. The second-order valence-corrected chi connectivity index (χ2v) is 9.52. The number of hydrogen-bond acceptors (Lipinski definition) is 3. The van der Waals surface area contributed by atoms with Crippen molar-refractivity contribution in [2.24, 2.45) is 0 Å². The van der Waals surface area contributed by atoms with Crippen LogP contribution in [0.2, 0.25) is 8.67 Å². The molecule has 0 amide bonds. The summed E-state index contributed by atoms with van der Waals surface area (Å²) < 4.78 is 27.6. The van der Waals surface area contributed by atoms with Crippen molar-refractivity contribution in [1.82, 2.24) is 4.72 Å². The lowest BCUT2D eigenvalue weighted by Gasteiger charge is -2.25. The molecular formula is C10H12BrCl2NO2S2. The molecule has 8 heteroatoms. The first-order valence-electron chi connectivity index (χ1n) is 5.50. The third-order valence-corrected chi connectivity index (χ3v) is 7.08. The Morgan fingerprint density at radius 2 is 1.89 bits per heavy atom. The van der Waals surface area contributed by atoms with Crippen LogP contribution in [0, 0.1) is 0 Å². The molecule has 0 bridgehead atoms. The molecule has 0 radical (unpaired) electrons. The normalized spacial score (nSPS) is 25.3. The summed E-state index contributed by atoms with van der Waals surface area (Å²) in [5, 5.41) is 0. The molecule has 1 saturated carbocycles. The van der Waals surface area contributed by atoms with Crippen molar-refractivity contribution < 1.29 is 8.42 Å². The number of hydrogen-bond donors (Lipinski definition) is 1. The van der Waals surface area contributed by atoms with E-state index in [0.717, 1.165) is 37.0 Å². The Labute approximate surface area is 129 Å². The van der Waals surface area contributed by atoms with Gasteiger partial charge in [0.25, 0.3) is 0 Å². The van der Waals surface area contributed by atoms with Crippen LogP contribution < -0.4 is 4.72 Å². The van der Waals surface area contributed by atoms with Gasteiger partial charge in [0, 0.05) is 10.9 Å². The molecule has 0 aliphatic heterocycles. The van der Waals surface area contributed by atoms with Crippen LogP contribution in [-0.4, -0.2) is 19.3 Å². The molecule has 1 aliphatic rings. The van der Waals surface area contributed by atoms with Crippen molar-refractivity contribution in [2.75, 3.05) is 0 Å². The van der Waals surface area contributed by atoms with E-state index in [2.05, 4.69) is 20.7 Å². The van der Waals surface area contributed by atoms with Crippen LogP contribution >= 0.6 is 50.5 Å². The Morgan fingerprint density at radius 1 is 1.28 bits per heavy atom. The molecule has 0 aromatic carbocycles. The summed E-state index contributed by atoms with van der Waals surface area (Å²) in [4.78, 5) is 0.581. The molecule has 1 aromatic rings. The Morgan fingerprint density at radius 3 is 2.39 bits per heavy atom. The van der Waals surface area contributed by atoms with E-state index in [9.17, 15) is 8.42 Å². The van der Waals surface area contributed by atoms with Crippen LogP contribution in [0.4, 0.5) is 0 Å². The smallest absolute Gasteiger partial charge is 0.208 e. The maximum atomic E-state index is 12.2. The minimum absolute atomic E-state index is 0.0152. The Bertz CT molecular complexity index is 524. The van der Waals surface area contributed by atoms with Gasteiger partial charge >= 0.3 is 0 Å². The highest BCUT2D eigenvalue weighted by Gasteiger charge is 2.27. The van der Waals surface area contributed by atoms with Crippen molar-refractivity contribution in [2.45, 2.75) is 41.4 Å². The van der Waals surface area contributed by atoms with Gasteiger partial charge in [0.15, 0.2) is 0 Å². The van der Waals surface area contributed by atoms with Gasteiger partial charge in [-0.25, -0.2) is 13.1 Å². The summed E-state index contributed by atoms with van der Waals surface area (Å²) in [6.07, 6.45) is 3.63. The number of alkyl halides is 1. The number of halogens is 3. The summed E-state index contributed by atoms with van der Waals surface area (Å²) >= 11 is 16.3. The second kappa shape index (κ2) is 5.97. The van der Waals surface area contributed by atoms with E-state index in [-0.39, 0.29) is 15.3 Å². The molecule has 2 rings (SSSR count). The lowest BCUT2D eigenvalue weighted by atomic mass is 9.96. The number of thiophene rings is 1. The van der Waals surface area contributed by atoms with Crippen LogP contribution in [0.1, 0.15) is 25.7 Å². The fourth-order valence-electron chi connectivity index (χ4n) is 1.96. The maximum Gasteiger partial charge on any atom is 0.243 e. The second-order valence-electron chi connectivity index (χ2n) is 4.26. The quantitative estimate of drug-likeness (QED) is 0.789. The molecule has 1 N–H and O–H groups in total. The Balaban J connectivity index is 2.10. The number of nitrogens with one attached hydrogen (secondary N) is 1. The molecule has 1 aromatic heterocycles. The first-order chi connectivity index (χ1) is 8.38. The molecule has 3 nitrogen and oxygen atoms in total. The number of rotatable bonds is 3. The fraction of sp³-hybridized carbons (Fsp3) is 0.600. The molecule has 1 heterocycles.